The molecule has 0 radical (unpaired) electrons. The zero-order valence-electron chi connectivity index (χ0n) is 14.8. The summed E-state index contributed by atoms with van der Waals surface area (Å²) in [5.74, 6) is -0.761. The number of hydrogen-bond acceptors (Lipinski definition) is 3. The number of hydrogen-bond donors (Lipinski definition) is 1. The van der Waals surface area contributed by atoms with Crippen LogP contribution in [0.1, 0.15) is 47.3 Å². The Morgan fingerprint density at radius 3 is 2.77 bits per heavy atom. The molecule has 1 saturated heterocycles. The molecule has 1 fully saturated rings. The number of amides is 1. The number of carboxylic acid groups (broad SMARTS) is 1. The molecule has 1 atom stereocenters. The summed E-state index contributed by atoms with van der Waals surface area (Å²) in [7, 11) is 0. The topological polar surface area (TPSA) is 70.5 Å². The van der Waals surface area contributed by atoms with Crippen LogP contribution in [-0.2, 0) is 17.6 Å². The molecule has 0 aliphatic carbocycles. The third-order valence-corrected chi connectivity index (χ3v) is 4.90. The fraction of sp³-hybridized carbons (Fsp3) is 0.381. The molecule has 1 unspecified atom stereocenters. The number of pyridine rings is 1. The highest BCUT2D eigenvalue weighted by Crippen LogP contribution is 2.22. The van der Waals surface area contributed by atoms with Crippen LogP contribution < -0.4 is 0 Å². The zero-order chi connectivity index (χ0) is 18.4. The number of carbonyl (C=O) groups excluding carboxylic acids is 1. The normalized spacial score (nSPS) is 16.6. The summed E-state index contributed by atoms with van der Waals surface area (Å²) in [6, 6.07) is 13.7. The van der Waals surface area contributed by atoms with Crippen LogP contribution >= 0.6 is 0 Å². The fourth-order valence-corrected chi connectivity index (χ4v) is 3.57. The Kier molecular flexibility index (Phi) is 6.00. The molecule has 1 aromatic carbocycles. The average molecular weight is 352 g/mol. The first kappa shape index (κ1) is 18.1. The van der Waals surface area contributed by atoms with Gasteiger partial charge < -0.3 is 10.0 Å². The van der Waals surface area contributed by atoms with Crippen LogP contribution in [0.5, 0.6) is 0 Å². The van der Waals surface area contributed by atoms with Crippen molar-refractivity contribution in [2.24, 2.45) is 0 Å². The van der Waals surface area contributed by atoms with Gasteiger partial charge in [0.05, 0.1) is 5.56 Å². The Bertz CT molecular complexity index is 761. The van der Waals surface area contributed by atoms with Gasteiger partial charge in [-0.15, -0.1) is 0 Å². The van der Waals surface area contributed by atoms with Crippen LogP contribution in [0, 0.1) is 0 Å². The van der Waals surface area contributed by atoms with Gasteiger partial charge in [-0.05, 0) is 49.8 Å². The second-order valence-electron chi connectivity index (χ2n) is 6.77. The van der Waals surface area contributed by atoms with E-state index in [9.17, 15) is 9.59 Å². The van der Waals surface area contributed by atoms with E-state index in [2.05, 4.69) is 17.1 Å². The molecule has 1 aliphatic heterocycles. The van der Waals surface area contributed by atoms with Gasteiger partial charge in [0.2, 0.25) is 5.91 Å². The van der Waals surface area contributed by atoms with Crippen molar-refractivity contribution in [3.8, 4) is 0 Å². The van der Waals surface area contributed by atoms with Crippen LogP contribution in [0.3, 0.4) is 0 Å². The Labute approximate surface area is 153 Å². The summed E-state index contributed by atoms with van der Waals surface area (Å²) in [6.45, 7) is 0.836. The Hall–Kier alpha value is -2.69. The number of aromatic nitrogens is 1. The lowest BCUT2D eigenvalue weighted by Crippen LogP contribution is -2.36. The highest BCUT2D eigenvalue weighted by atomic mass is 16.4. The zero-order valence-corrected chi connectivity index (χ0v) is 14.8. The molecule has 1 amide bonds. The third-order valence-electron chi connectivity index (χ3n) is 4.90. The standard InChI is InChI=1S/C21H24N2O3/c24-20(10-4-8-18-15-17(21(25)26)11-12-22-18)23-13-5-9-19(23)14-16-6-2-1-3-7-16/h1-3,6-7,11-12,15,19H,4-5,8-10,13-14H2,(H,25,26). The van der Waals surface area contributed by atoms with Crippen molar-refractivity contribution < 1.29 is 14.7 Å². The molecule has 5 heteroatoms. The lowest BCUT2D eigenvalue weighted by atomic mass is 10.0. The van der Waals surface area contributed by atoms with Crippen LogP contribution in [0.15, 0.2) is 48.7 Å². The molecule has 2 aromatic rings. The van der Waals surface area contributed by atoms with Gasteiger partial charge in [0.15, 0.2) is 0 Å². The minimum atomic E-state index is -0.953. The summed E-state index contributed by atoms with van der Waals surface area (Å²) in [6.07, 6.45) is 6.32. The molecule has 26 heavy (non-hydrogen) atoms. The maximum Gasteiger partial charge on any atom is 0.335 e. The second-order valence-corrected chi connectivity index (χ2v) is 6.77. The molecule has 136 valence electrons. The first-order valence-corrected chi connectivity index (χ1v) is 9.15. The smallest absolute Gasteiger partial charge is 0.335 e. The summed E-state index contributed by atoms with van der Waals surface area (Å²) >= 11 is 0. The molecule has 0 bridgehead atoms. The Morgan fingerprint density at radius 1 is 1.19 bits per heavy atom. The molecule has 1 aromatic heterocycles. The number of carboxylic acids is 1. The fourth-order valence-electron chi connectivity index (χ4n) is 3.57. The van der Waals surface area contributed by atoms with E-state index < -0.39 is 5.97 Å². The minimum absolute atomic E-state index is 0.192. The first-order chi connectivity index (χ1) is 12.6. The predicted octanol–water partition coefficient (Wildman–Crippen LogP) is 3.34. The number of aromatic carboxylic acids is 1. The van der Waals surface area contributed by atoms with E-state index in [-0.39, 0.29) is 11.5 Å². The summed E-state index contributed by atoms with van der Waals surface area (Å²) in [4.78, 5) is 29.9. The van der Waals surface area contributed by atoms with Gasteiger partial charge in [0.1, 0.15) is 0 Å². The van der Waals surface area contributed by atoms with E-state index in [1.807, 2.05) is 23.1 Å². The van der Waals surface area contributed by atoms with E-state index >= 15 is 0 Å². The molecule has 3 rings (SSSR count). The number of likely N-dealkylation sites (tertiary alicyclic amines) is 1. The van der Waals surface area contributed by atoms with Crippen molar-refractivity contribution in [3.05, 3.63) is 65.5 Å². The van der Waals surface area contributed by atoms with Gasteiger partial charge in [0.25, 0.3) is 0 Å². The van der Waals surface area contributed by atoms with Crippen molar-refractivity contribution in [2.45, 2.75) is 44.6 Å². The van der Waals surface area contributed by atoms with Crippen LogP contribution in [0.2, 0.25) is 0 Å². The summed E-state index contributed by atoms with van der Waals surface area (Å²) in [5, 5.41) is 9.03. The van der Waals surface area contributed by atoms with Crippen molar-refractivity contribution >= 4 is 11.9 Å². The maximum atomic E-state index is 12.6. The quantitative estimate of drug-likeness (QED) is 0.830. The van der Waals surface area contributed by atoms with Crippen molar-refractivity contribution in [1.82, 2.24) is 9.88 Å². The predicted molar refractivity (Wildman–Crippen MR) is 99.0 cm³/mol. The maximum absolute atomic E-state index is 12.6. The van der Waals surface area contributed by atoms with Crippen molar-refractivity contribution in [3.63, 3.8) is 0 Å². The van der Waals surface area contributed by atoms with Gasteiger partial charge in [0, 0.05) is 30.9 Å². The molecule has 5 nitrogen and oxygen atoms in total. The Morgan fingerprint density at radius 2 is 2.00 bits per heavy atom. The van der Waals surface area contributed by atoms with Gasteiger partial charge >= 0.3 is 5.97 Å². The second kappa shape index (κ2) is 8.61. The first-order valence-electron chi connectivity index (χ1n) is 9.15. The van der Waals surface area contributed by atoms with E-state index in [0.29, 0.717) is 25.3 Å². The number of rotatable bonds is 7. The molecule has 1 aliphatic rings. The van der Waals surface area contributed by atoms with Gasteiger partial charge in [-0.2, -0.15) is 0 Å². The lowest BCUT2D eigenvalue weighted by Gasteiger charge is -2.25. The van der Waals surface area contributed by atoms with Gasteiger partial charge in [-0.3, -0.25) is 9.78 Å². The third kappa shape index (κ3) is 4.69. The van der Waals surface area contributed by atoms with Crippen LogP contribution in [-0.4, -0.2) is 39.5 Å². The van der Waals surface area contributed by atoms with E-state index in [4.69, 9.17) is 5.11 Å². The molecule has 2 heterocycles. The minimum Gasteiger partial charge on any atom is -0.478 e. The monoisotopic (exact) mass is 352 g/mol. The lowest BCUT2D eigenvalue weighted by molar-refractivity contribution is -0.132. The van der Waals surface area contributed by atoms with Gasteiger partial charge in [-0.25, -0.2) is 4.79 Å². The van der Waals surface area contributed by atoms with E-state index in [1.165, 1.54) is 17.8 Å². The van der Waals surface area contributed by atoms with E-state index in [0.717, 1.165) is 31.5 Å². The number of nitrogens with zero attached hydrogens (tertiary/aromatic N) is 2. The number of aryl methyl sites for hydroxylation is 1. The molecule has 0 spiro atoms. The molecular formula is C21H24N2O3. The van der Waals surface area contributed by atoms with Crippen LogP contribution in [0.4, 0.5) is 0 Å². The highest BCUT2D eigenvalue weighted by molar-refractivity contribution is 5.87. The van der Waals surface area contributed by atoms with Crippen molar-refractivity contribution in [1.29, 1.82) is 0 Å². The van der Waals surface area contributed by atoms with Crippen LogP contribution in [0.25, 0.3) is 0 Å². The average Bonchev–Trinajstić information content (AvgIpc) is 3.11. The highest BCUT2D eigenvalue weighted by Gasteiger charge is 2.28. The molecule has 1 N–H and O–H groups in total. The summed E-state index contributed by atoms with van der Waals surface area (Å²) in [5.41, 5.74) is 2.23. The Balaban J connectivity index is 1.51. The SMILES string of the molecule is O=C(O)c1ccnc(CCCC(=O)N2CCCC2Cc2ccccc2)c1. The van der Waals surface area contributed by atoms with Crippen molar-refractivity contribution in [2.75, 3.05) is 6.54 Å². The van der Waals surface area contributed by atoms with Gasteiger partial charge in [-0.1, -0.05) is 30.3 Å². The molecule has 0 saturated carbocycles. The number of benzene rings is 1. The molecular weight excluding hydrogens is 328 g/mol. The summed E-state index contributed by atoms with van der Waals surface area (Å²) < 4.78 is 0. The van der Waals surface area contributed by atoms with E-state index in [1.54, 1.807) is 6.07 Å². The largest absolute Gasteiger partial charge is 0.478 e. The number of carbonyl (C=O) groups is 2.